The average molecular weight is 369 g/mol. The third-order valence-electron chi connectivity index (χ3n) is 5.85. The van der Waals surface area contributed by atoms with Gasteiger partial charge in [0.05, 0.1) is 0 Å². The van der Waals surface area contributed by atoms with Gasteiger partial charge in [0.1, 0.15) is 6.10 Å². The van der Waals surface area contributed by atoms with Crippen LogP contribution in [-0.4, -0.2) is 23.1 Å². The molecule has 1 saturated carbocycles. The van der Waals surface area contributed by atoms with Crippen LogP contribution in [-0.2, 0) is 14.3 Å². The number of unbranched alkanes of at least 4 members (excludes halogenated alkanes) is 5. The van der Waals surface area contributed by atoms with Crippen molar-refractivity contribution in [2.24, 2.45) is 11.8 Å². The fourth-order valence-electron chi connectivity index (χ4n) is 4.43. The zero-order chi connectivity index (χ0) is 19.2. The smallest absolute Gasteiger partial charge is 0.303 e. The number of carboxylic acid groups (broad SMARTS) is 1. The van der Waals surface area contributed by atoms with E-state index >= 15 is 0 Å². The van der Waals surface area contributed by atoms with Crippen LogP contribution in [0.1, 0.15) is 110 Å². The molecule has 0 saturated heterocycles. The highest BCUT2D eigenvalue weighted by Crippen LogP contribution is 2.38. The molecule has 0 aromatic rings. The molecule has 0 heterocycles. The quantitative estimate of drug-likeness (QED) is 0.279. The molecule has 26 heavy (non-hydrogen) atoms. The third-order valence-corrected chi connectivity index (χ3v) is 5.85. The van der Waals surface area contributed by atoms with E-state index in [1.54, 1.807) is 0 Å². The van der Waals surface area contributed by atoms with E-state index in [9.17, 15) is 9.59 Å². The normalized spacial score (nSPS) is 20.8. The van der Waals surface area contributed by atoms with Crippen LogP contribution in [0.2, 0.25) is 0 Å². The number of carbonyl (C=O) groups is 2. The first kappa shape index (κ1) is 23.0. The molecule has 0 bridgehead atoms. The first-order valence-electron chi connectivity index (χ1n) is 10.9. The molecule has 1 aliphatic carbocycles. The molecule has 1 aliphatic rings. The van der Waals surface area contributed by atoms with E-state index in [2.05, 4.69) is 6.92 Å². The lowest BCUT2D eigenvalue weighted by Gasteiger charge is -2.23. The molecule has 1 rings (SSSR count). The Kier molecular flexibility index (Phi) is 12.4. The van der Waals surface area contributed by atoms with Gasteiger partial charge in [0.25, 0.3) is 0 Å². The summed E-state index contributed by atoms with van der Waals surface area (Å²) in [4.78, 5) is 21.9. The van der Waals surface area contributed by atoms with Gasteiger partial charge in [-0.15, -0.1) is 0 Å². The molecule has 0 amide bonds. The Labute approximate surface area is 160 Å². The van der Waals surface area contributed by atoms with Crippen LogP contribution in [0, 0.1) is 11.8 Å². The zero-order valence-corrected chi connectivity index (χ0v) is 17.0. The van der Waals surface area contributed by atoms with E-state index in [0.29, 0.717) is 6.42 Å². The Balaban J connectivity index is 2.25. The van der Waals surface area contributed by atoms with Gasteiger partial charge < -0.3 is 9.84 Å². The van der Waals surface area contributed by atoms with Crippen molar-refractivity contribution in [3.8, 4) is 0 Å². The first-order valence-corrected chi connectivity index (χ1v) is 10.9. The summed E-state index contributed by atoms with van der Waals surface area (Å²) in [5, 5.41) is 8.67. The Hall–Kier alpha value is -1.06. The van der Waals surface area contributed by atoms with E-state index in [1.165, 1.54) is 58.3 Å². The van der Waals surface area contributed by atoms with Crippen LogP contribution in [0.3, 0.4) is 0 Å². The van der Waals surface area contributed by atoms with Gasteiger partial charge in [-0.3, -0.25) is 9.59 Å². The van der Waals surface area contributed by atoms with Gasteiger partial charge in [0.15, 0.2) is 0 Å². The maximum atomic E-state index is 11.4. The van der Waals surface area contributed by atoms with Gasteiger partial charge in [0.2, 0.25) is 0 Å². The minimum absolute atomic E-state index is 0.108. The van der Waals surface area contributed by atoms with E-state index < -0.39 is 5.97 Å². The van der Waals surface area contributed by atoms with Crippen LogP contribution in [0.4, 0.5) is 0 Å². The second-order valence-electron chi connectivity index (χ2n) is 8.10. The van der Waals surface area contributed by atoms with Crippen LogP contribution in [0.5, 0.6) is 0 Å². The molecule has 3 atom stereocenters. The lowest BCUT2D eigenvalue weighted by molar-refractivity contribution is -0.147. The lowest BCUT2D eigenvalue weighted by atomic mass is 9.86. The third kappa shape index (κ3) is 10.8. The van der Waals surface area contributed by atoms with Gasteiger partial charge in [0, 0.05) is 13.3 Å². The molecular formula is C22H40O4. The standard InChI is InChI=1S/C22H40O4/c1-3-4-7-14-21(26-18(2)23)17-16-20-13-10-12-19(20)11-8-5-6-9-15-22(24)25/h19-21H,3-17H2,1-2H3,(H,24,25)/t19-,20+,21-/m0/s1. The van der Waals surface area contributed by atoms with Crippen molar-refractivity contribution >= 4 is 11.9 Å². The van der Waals surface area contributed by atoms with Crippen molar-refractivity contribution in [3.05, 3.63) is 0 Å². The second kappa shape index (κ2) is 14.1. The number of rotatable bonds is 15. The predicted octanol–water partition coefficient (Wildman–Crippen LogP) is 6.12. The van der Waals surface area contributed by atoms with Gasteiger partial charge in [-0.05, 0) is 43.9 Å². The molecule has 0 radical (unpaired) electrons. The van der Waals surface area contributed by atoms with Crippen molar-refractivity contribution in [1.82, 2.24) is 0 Å². The molecule has 1 N–H and O–H groups in total. The molecule has 0 aromatic heterocycles. The van der Waals surface area contributed by atoms with E-state index in [1.807, 2.05) is 0 Å². The highest BCUT2D eigenvalue weighted by atomic mass is 16.5. The van der Waals surface area contributed by atoms with Crippen molar-refractivity contribution < 1.29 is 19.4 Å². The average Bonchev–Trinajstić information content (AvgIpc) is 3.02. The summed E-state index contributed by atoms with van der Waals surface area (Å²) in [5.74, 6) is 0.791. The fourth-order valence-corrected chi connectivity index (χ4v) is 4.43. The Morgan fingerprint density at radius 3 is 2.31 bits per heavy atom. The summed E-state index contributed by atoms with van der Waals surface area (Å²) < 4.78 is 5.55. The Bertz CT molecular complexity index is 394. The summed E-state index contributed by atoms with van der Waals surface area (Å²) in [5.41, 5.74) is 0. The van der Waals surface area contributed by atoms with Gasteiger partial charge in [-0.25, -0.2) is 0 Å². The summed E-state index contributed by atoms with van der Waals surface area (Å²) >= 11 is 0. The predicted molar refractivity (Wildman–Crippen MR) is 105 cm³/mol. The van der Waals surface area contributed by atoms with E-state index in [-0.39, 0.29) is 12.1 Å². The molecule has 4 nitrogen and oxygen atoms in total. The molecule has 0 aromatic carbocycles. The topological polar surface area (TPSA) is 63.6 Å². The van der Waals surface area contributed by atoms with E-state index in [0.717, 1.165) is 50.4 Å². The van der Waals surface area contributed by atoms with E-state index in [4.69, 9.17) is 9.84 Å². The molecule has 152 valence electrons. The van der Waals surface area contributed by atoms with Crippen molar-refractivity contribution in [2.45, 2.75) is 116 Å². The number of carbonyl (C=O) groups excluding carboxylic acids is 1. The van der Waals surface area contributed by atoms with Crippen LogP contribution >= 0.6 is 0 Å². The highest BCUT2D eigenvalue weighted by Gasteiger charge is 2.27. The summed E-state index contributed by atoms with van der Waals surface area (Å²) in [7, 11) is 0. The molecule has 4 heteroatoms. The summed E-state index contributed by atoms with van der Waals surface area (Å²) in [6.45, 7) is 3.72. The second-order valence-corrected chi connectivity index (χ2v) is 8.10. The number of esters is 1. The number of ether oxygens (including phenoxy) is 1. The fraction of sp³-hybridized carbons (Fsp3) is 0.909. The minimum Gasteiger partial charge on any atom is -0.481 e. The Morgan fingerprint density at radius 2 is 1.65 bits per heavy atom. The number of hydrogen-bond acceptors (Lipinski definition) is 3. The van der Waals surface area contributed by atoms with Crippen molar-refractivity contribution in [3.63, 3.8) is 0 Å². The molecule has 1 fully saturated rings. The SMILES string of the molecule is CCCCC[C@@H](CC[C@H]1CCC[C@@H]1CCCCCCC(=O)O)OC(C)=O. The maximum absolute atomic E-state index is 11.4. The highest BCUT2D eigenvalue weighted by molar-refractivity contribution is 5.66. The summed E-state index contributed by atoms with van der Waals surface area (Å²) in [6.07, 6.45) is 16.7. The number of aliphatic carboxylic acids is 1. The van der Waals surface area contributed by atoms with Gasteiger partial charge in [-0.1, -0.05) is 64.7 Å². The molecule has 0 spiro atoms. The Morgan fingerprint density at radius 1 is 0.962 bits per heavy atom. The largest absolute Gasteiger partial charge is 0.481 e. The van der Waals surface area contributed by atoms with Gasteiger partial charge >= 0.3 is 11.9 Å². The number of hydrogen-bond donors (Lipinski definition) is 1. The molecule has 0 aliphatic heterocycles. The lowest BCUT2D eigenvalue weighted by Crippen LogP contribution is -2.19. The van der Waals surface area contributed by atoms with Gasteiger partial charge in [-0.2, -0.15) is 0 Å². The summed E-state index contributed by atoms with van der Waals surface area (Å²) in [6, 6.07) is 0. The minimum atomic E-state index is -0.679. The van der Waals surface area contributed by atoms with Crippen molar-refractivity contribution in [2.75, 3.05) is 0 Å². The van der Waals surface area contributed by atoms with Crippen LogP contribution < -0.4 is 0 Å². The van der Waals surface area contributed by atoms with Crippen LogP contribution in [0.15, 0.2) is 0 Å². The van der Waals surface area contributed by atoms with Crippen molar-refractivity contribution in [1.29, 1.82) is 0 Å². The first-order chi connectivity index (χ1) is 12.5. The maximum Gasteiger partial charge on any atom is 0.303 e. The molecular weight excluding hydrogens is 328 g/mol. The van der Waals surface area contributed by atoms with Crippen LogP contribution in [0.25, 0.3) is 0 Å². The number of carboxylic acids is 1. The monoisotopic (exact) mass is 368 g/mol. The zero-order valence-electron chi connectivity index (χ0n) is 17.0. The molecule has 0 unspecified atom stereocenters.